The monoisotopic (exact) mass is 354 g/mol. The van der Waals surface area contributed by atoms with E-state index in [-0.39, 0.29) is 18.6 Å². The van der Waals surface area contributed by atoms with Crippen LogP contribution in [0, 0.1) is 17.8 Å². The van der Waals surface area contributed by atoms with Crippen LogP contribution in [0.5, 0.6) is 0 Å². The van der Waals surface area contributed by atoms with Gasteiger partial charge in [0.2, 0.25) is 5.91 Å². The van der Waals surface area contributed by atoms with Gasteiger partial charge in [0.25, 0.3) is 0 Å². The number of fused-ring (bicyclic) bond motifs is 1. The molecule has 0 spiro atoms. The van der Waals surface area contributed by atoms with Gasteiger partial charge in [-0.05, 0) is 32.1 Å². The fourth-order valence-corrected chi connectivity index (χ4v) is 3.42. The molecule has 8 heteroatoms. The molecule has 2 aliphatic rings. The van der Waals surface area contributed by atoms with Crippen LogP contribution in [0.15, 0.2) is 6.33 Å². The Morgan fingerprint density at radius 2 is 2.23 bits per heavy atom. The molecule has 1 saturated heterocycles. The van der Waals surface area contributed by atoms with Gasteiger partial charge in [0.15, 0.2) is 22.8 Å². The summed E-state index contributed by atoms with van der Waals surface area (Å²) < 4.78 is 1.91. The quantitative estimate of drug-likeness (QED) is 0.781. The van der Waals surface area contributed by atoms with Crippen LogP contribution >= 0.6 is 0 Å². The van der Waals surface area contributed by atoms with Crippen molar-refractivity contribution in [1.29, 1.82) is 0 Å². The Kier molecular flexibility index (Phi) is 4.47. The minimum absolute atomic E-state index is 0.162. The molecule has 2 N–H and O–H groups in total. The Bertz CT molecular complexity index is 892. The minimum Gasteiger partial charge on any atom is -0.384 e. The first kappa shape index (κ1) is 16.8. The summed E-state index contributed by atoms with van der Waals surface area (Å²) in [5.74, 6) is 7.29. The zero-order valence-electron chi connectivity index (χ0n) is 14.8. The van der Waals surface area contributed by atoms with Gasteiger partial charge in [-0.2, -0.15) is 0 Å². The third-order valence-corrected chi connectivity index (χ3v) is 4.89. The summed E-state index contributed by atoms with van der Waals surface area (Å²) in [6.45, 7) is 3.95. The van der Waals surface area contributed by atoms with E-state index in [0.29, 0.717) is 36.2 Å². The molecule has 2 aromatic rings. The summed E-state index contributed by atoms with van der Waals surface area (Å²) in [6, 6.07) is 0.162. The highest BCUT2D eigenvalue weighted by Gasteiger charge is 2.36. The van der Waals surface area contributed by atoms with Crippen LogP contribution in [0.25, 0.3) is 11.2 Å². The lowest BCUT2D eigenvalue weighted by atomic mass is 10.2. The van der Waals surface area contributed by atoms with E-state index < -0.39 is 0 Å². The number of likely N-dealkylation sites (tertiary alicyclic amines) is 1. The van der Waals surface area contributed by atoms with Crippen molar-refractivity contribution in [1.82, 2.24) is 24.4 Å². The molecule has 136 valence electrons. The molecular weight excluding hydrogens is 332 g/mol. The number of aromatic nitrogens is 4. The molecule has 0 aromatic carbocycles. The van der Waals surface area contributed by atoms with E-state index in [1.165, 1.54) is 6.33 Å². The fraction of sp³-hybridized carbons (Fsp3) is 0.556. The van der Waals surface area contributed by atoms with Gasteiger partial charge in [0, 0.05) is 31.6 Å². The van der Waals surface area contributed by atoms with Gasteiger partial charge in [-0.25, -0.2) is 15.0 Å². The summed E-state index contributed by atoms with van der Waals surface area (Å²) in [7, 11) is 0. The first-order valence-corrected chi connectivity index (χ1v) is 9.07. The first-order chi connectivity index (χ1) is 12.7. The number of nitrogens with one attached hydrogen (secondary N) is 1. The highest BCUT2D eigenvalue weighted by Crippen LogP contribution is 2.32. The van der Waals surface area contributed by atoms with Crippen LogP contribution < -0.4 is 5.32 Å². The van der Waals surface area contributed by atoms with Crippen molar-refractivity contribution >= 4 is 22.9 Å². The first-order valence-electron chi connectivity index (χ1n) is 9.07. The number of amides is 1. The fourth-order valence-electron chi connectivity index (χ4n) is 3.42. The number of carbonyl (C=O) groups is 1. The van der Waals surface area contributed by atoms with E-state index in [9.17, 15) is 4.79 Å². The van der Waals surface area contributed by atoms with Crippen LogP contribution in [-0.2, 0) is 11.3 Å². The van der Waals surface area contributed by atoms with E-state index in [2.05, 4.69) is 32.1 Å². The zero-order chi connectivity index (χ0) is 18.1. The molecule has 1 aliphatic heterocycles. The van der Waals surface area contributed by atoms with Crippen LogP contribution in [0.3, 0.4) is 0 Å². The predicted molar refractivity (Wildman–Crippen MR) is 96.3 cm³/mol. The van der Waals surface area contributed by atoms with E-state index in [1.807, 2.05) is 16.4 Å². The van der Waals surface area contributed by atoms with Crippen molar-refractivity contribution in [3.8, 4) is 11.8 Å². The number of anilines is 1. The standard InChI is InChI=1S/C18H22N6O2/c1-2-24-14(4-3-9-25)22-15-16(19-11-20-17(15)24)21-13-7-8-23(10-13)18(26)12-5-6-12/h11-13,25H,2,5-10H2,1H3,(H,19,20,21). The van der Waals surface area contributed by atoms with Crippen molar-refractivity contribution in [2.75, 3.05) is 25.0 Å². The third-order valence-electron chi connectivity index (χ3n) is 4.89. The van der Waals surface area contributed by atoms with Gasteiger partial charge < -0.3 is 19.9 Å². The van der Waals surface area contributed by atoms with Crippen molar-refractivity contribution in [3.05, 3.63) is 12.2 Å². The average Bonchev–Trinajstić information content (AvgIpc) is 3.29. The summed E-state index contributed by atoms with van der Waals surface area (Å²) >= 11 is 0. The van der Waals surface area contributed by atoms with E-state index in [4.69, 9.17) is 5.11 Å². The van der Waals surface area contributed by atoms with Gasteiger partial charge in [-0.1, -0.05) is 5.92 Å². The largest absolute Gasteiger partial charge is 0.384 e. The van der Waals surface area contributed by atoms with Crippen LogP contribution in [0.1, 0.15) is 32.0 Å². The maximum absolute atomic E-state index is 12.2. The van der Waals surface area contributed by atoms with Gasteiger partial charge >= 0.3 is 0 Å². The molecule has 1 aliphatic carbocycles. The highest BCUT2D eigenvalue weighted by atomic mass is 16.2. The summed E-state index contributed by atoms with van der Waals surface area (Å²) in [6.07, 6.45) is 4.48. The summed E-state index contributed by atoms with van der Waals surface area (Å²) in [5.41, 5.74) is 1.39. The number of aryl methyl sites for hydroxylation is 1. The topological polar surface area (TPSA) is 96.2 Å². The second-order valence-electron chi connectivity index (χ2n) is 6.72. The third kappa shape index (κ3) is 3.10. The number of rotatable bonds is 4. The van der Waals surface area contributed by atoms with Gasteiger partial charge in [0.1, 0.15) is 12.9 Å². The maximum Gasteiger partial charge on any atom is 0.225 e. The van der Waals surface area contributed by atoms with Crippen molar-refractivity contribution in [2.45, 2.75) is 38.8 Å². The molecule has 0 radical (unpaired) electrons. The Labute approximate surface area is 151 Å². The number of nitrogens with zero attached hydrogens (tertiary/aromatic N) is 5. The molecule has 3 heterocycles. The van der Waals surface area contributed by atoms with E-state index in [1.54, 1.807) is 0 Å². The summed E-state index contributed by atoms with van der Waals surface area (Å²) in [5, 5.41) is 12.4. The Morgan fingerprint density at radius 1 is 1.38 bits per heavy atom. The lowest BCUT2D eigenvalue weighted by Crippen LogP contribution is -2.32. The Morgan fingerprint density at radius 3 is 2.96 bits per heavy atom. The van der Waals surface area contributed by atoms with Gasteiger partial charge in [-0.3, -0.25) is 4.79 Å². The molecule has 1 amide bonds. The minimum atomic E-state index is -0.212. The lowest BCUT2D eigenvalue weighted by Gasteiger charge is -2.17. The zero-order valence-corrected chi connectivity index (χ0v) is 14.8. The van der Waals surface area contributed by atoms with Crippen LogP contribution in [-0.4, -0.2) is 61.2 Å². The molecule has 1 unspecified atom stereocenters. The van der Waals surface area contributed by atoms with E-state index >= 15 is 0 Å². The number of hydrogen-bond donors (Lipinski definition) is 2. The molecular formula is C18H22N6O2. The van der Waals surface area contributed by atoms with Gasteiger partial charge in [-0.15, -0.1) is 0 Å². The number of carbonyl (C=O) groups excluding carboxylic acids is 1. The van der Waals surface area contributed by atoms with Crippen molar-refractivity contribution in [2.24, 2.45) is 5.92 Å². The second kappa shape index (κ2) is 6.92. The van der Waals surface area contributed by atoms with Crippen molar-refractivity contribution in [3.63, 3.8) is 0 Å². The SMILES string of the molecule is CCn1c(C#CCO)nc2c(NC3CCN(C(=O)C4CC4)C3)ncnc21. The number of aliphatic hydroxyl groups is 1. The number of imidazole rings is 1. The highest BCUT2D eigenvalue weighted by molar-refractivity contribution is 5.84. The van der Waals surface area contributed by atoms with Crippen LogP contribution in [0.4, 0.5) is 5.82 Å². The molecule has 26 heavy (non-hydrogen) atoms. The molecule has 4 rings (SSSR count). The van der Waals surface area contributed by atoms with E-state index in [0.717, 1.165) is 31.5 Å². The molecule has 1 atom stereocenters. The molecule has 2 fully saturated rings. The predicted octanol–water partition coefficient (Wildman–Crippen LogP) is 0.613. The number of hydrogen-bond acceptors (Lipinski definition) is 6. The van der Waals surface area contributed by atoms with Crippen LogP contribution in [0.2, 0.25) is 0 Å². The maximum atomic E-state index is 12.2. The lowest BCUT2D eigenvalue weighted by molar-refractivity contribution is -0.131. The molecule has 8 nitrogen and oxygen atoms in total. The Hall–Kier alpha value is -2.66. The smallest absolute Gasteiger partial charge is 0.225 e. The normalized spacial score (nSPS) is 19.5. The van der Waals surface area contributed by atoms with Crippen molar-refractivity contribution < 1.29 is 9.90 Å². The second-order valence-corrected chi connectivity index (χ2v) is 6.72. The average molecular weight is 354 g/mol. The number of aliphatic hydroxyl groups excluding tert-OH is 1. The Balaban J connectivity index is 1.57. The molecule has 1 saturated carbocycles. The molecule has 2 aromatic heterocycles. The summed E-state index contributed by atoms with van der Waals surface area (Å²) in [4.78, 5) is 27.4. The van der Waals surface area contributed by atoms with Gasteiger partial charge in [0.05, 0.1) is 0 Å². The molecule has 0 bridgehead atoms.